The Morgan fingerprint density at radius 1 is 1.30 bits per heavy atom. The molecular formula is C17H20N4O2. The second-order valence-electron chi connectivity index (χ2n) is 5.52. The van der Waals surface area contributed by atoms with E-state index < -0.39 is 5.91 Å². The van der Waals surface area contributed by atoms with Gasteiger partial charge in [-0.2, -0.15) is 5.10 Å². The lowest BCUT2D eigenvalue weighted by molar-refractivity contribution is -0.118. The number of amides is 1. The van der Waals surface area contributed by atoms with Crippen LogP contribution >= 0.6 is 0 Å². The van der Waals surface area contributed by atoms with Crippen molar-refractivity contribution in [3.05, 3.63) is 60.1 Å². The maximum atomic E-state index is 11.9. The minimum Gasteiger partial charge on any atom is -0.394 e. The van der Waals surface area contributed by atoms with Gasteiger partial charge in [-0.05, 0) is 5.56 Å². The molecule has 120 valence electrons. The van der Waals surface area contributed by atoms with Gasteiger partial charge in [-0.15, -0.1) is 0 Å². The first-order chi connectivity index (χ1) is 11.0. The van der Waals surface area contributed by atoms with E-state index in [0.717, 1.165) is 11.6 Å². The summed E-state index contributed by atoms with van der Waals surface area (Å²) in [5, 5.41) is 6.81. The van der Waals surface area contributed by atoms with Crippen molar-refractivity contribution in [2.75, 3.05) is 5.32 Å². The largest absolute Gasteiger partial charge is 0.394 e. The molecule has 0 spiro atoms. The van der Waals surface area contributed by atoms with E-state index in [0.29, 0.717) is 12.2 Å². The number of carbonyl (C=O) groups is 2. The summed E-state index contributed by atoms with van der Waals surface area (Å²) in [6, 6.07) is 9.86. The molecule has 23 heavy (non-hydrogen) atoms. The first-order valence-corrected chi connectivity index (χ1v) is 7.34. The van der Waals surface area contributed by atoms with Crippen LogP contribution in [-0.4, -0.2) is 21.5 Å². The van der Waals surface area contributed by atoms with Gasteiger partial charge in [0.2, 0.25) is 0 Å². The normalized spacial score (nSPS) is 11.5. The summed E-state index contributed by atoms with van der Waals surface area (Å²) in [7, 11) is 0. The predicted molar refractivity (Wildman–Crippen MR) is 88.5 cm³/mol. The predicted octanol–water partition coefficient (Wildman–Crippen LogP) is 1.94. The lowest BCUT2D eigenvalue weighted by Crippen LogP contribution is -2.21. The highest BCUT2D eigenvalue weighted by molar-refractivity contribution is 6.07. The van der Waals surface area contributed by atoms with E-state index >= 15 is 0 Å². The maximum absolute atomic E-state index is 11.9. The molecule has 6 nitrogen and oxygen atoms in total. The Bertz CT molecular complexity index is 717. The molecule has 1 aromatic heterocycles. The van der Waals surface area contributed by atoms with E-state index in [1.54, 1.807) is 30.9 Å². The number of ketones is 1. The van der Waals surface area contributed by atoms with Gasteiger partial charge in [0.05, 0.1) is 18.4 Å². The molecule has 0 bridgehead atoms. The van der Waals surface area contributed by atoms with Gasteiger partial charge >= 0.3 is 0 Å². The number of aromatic nitrogens is 2. The van der Waals surface area contributed by atoms with Crippen LogP contribution in [0.4, 0.5) is 5.69 Å². The zero-order valence-electron chi connectivity index (χ0n) is 13.2. The number of nitrogens with two attached hydrogens (primary N) is 1. The van der Waals surface area contributed by atoms with Gasteiger partial charge in [-0.25, -0.2) is 0 Å². The molecule has 0 aliphatic rings. The zero-order chi connectivity index (χ0) is 16.8. The van der Waals surface area contributed by atoms with Gasteiger partial charge < -0.3 is 11.1 Å². The van der Waals surface area contributed by atoms with Gasteiger partial charge in [0, 0.05) is 18.2 Å². The second kappa shape index (κ2) is 7.40. The van der Waals surface area contributed by atoms with Crippen molar-refractivity contribution in [2.45, 2.75) is 20.4 Å². The van der Waals surface area contributed by atoms with Gasteiger partial charge in [-0.3, -0.25) is 14.3 Å². The lowest BCUT2D eigenvalue weighted by atomic mass is 10.1. The van der Waals surface area contributed by atoms with E-state index in [1.807, 2.05) is 30.3 Å². The minimum atomic E-state index is -0.515. The summed E-state index contributed by atoms with van der Waals surface area (Å²) in [6.07, 6.45) is 4.41. The molecule has 0 atom stereocenters. The quantitative estimate of drug-likeness (QED) is 0.798. The Labute approximate surface area is 135 Å². The lowest BCUT2D eigenvalue weighted by Gasteiger charge is -2.04. The minimum absolute atomic E-state index is 0.112. The molecule has 3 N–H and O–H groups in total. The molecule has 0 fully saturated rings. The summed E-state index contributed by atoms with van der Waals surface area (Å²) in [5.74, 6) is -0.898. The van der Waals surface area contributed by atoms with Crippen molar-refractivity contribution in [1.82, 2.24) is 9.78 Å². The average Bonchev–Trinajstić information content (AvgIpc) is 2.95. The van der Waals surface area contributed by atoms with E-state index in [-0.39, 0.29) is 17.4 Å². The number of hydrogen-bond acceptors (Lipinski definition) is 4. The number of benzene rings is 1. The van der Waals surface area contributed by atoms with Gasteiger partial charge in [0.25, 0.3) is 5.91 Å². The number of nitrogens with one attached hydrogen (secondary N) is 1. The Morgan fingerprint density at radius 2 is 2.00 bits per heavy atom. The highest BCUT2D eigenvalue weighted by Crippen LogP contribution is 2.09. The van der Waals surface area contributed by atoms with E-state index in [1.165, 1.54) is 0 Å². The van der Waals surface area contributed by atoms with Crippen molar-refractivity contribution in [3.63, 3.8) is 0 Å². The van der Waals surface area contributed by atoms with Crippen LogP contribution in [0, 0.1) is 5.92 Å². The fourth-order valence-corrected chi connectivity index (χ4v) is 1.87. The van der Waals surface area contributed by atoms with E-state index in [9.17, 15) is 9.59 Å². The summed E-state index contributed by atoms with van der Waals surface area (Å²) in [5.41, 5.74) is 7.16. The van der Waals surface area contributed by atoms with Crippen molar-refractivity contribution in [2.24, 2.45) is 11.7 Å². The van der Waals surface area contributed by atoms with E-state index in [4.69, 9.17) is 5.73 Å². The molecule has 2 rings (SSSR count). The Balaban J connectivity index is 1.99. The molecule has 0 saturated carbocycles. The maximum Gasteiger partial charge on any atom is 0.271 e. The van der Waals surface area contributed by atoms with Crippen molar-refractivity contribution < 1.29 is 9.59 Å². The van der Waals surface area contributed by atoms with Crippen molar-refractivity contribution in [3.8, 4) is 0 Å². The molecule has 0 aliphatic heterocycles. The molecule has 1 amide bonds. The van der Waals surface area contributed by atoms with Crippen LogP contribution in [0.2, 0.25) is 0 Å². The zero-order valence-corrected chi connectivity index (χ0v) is 13.2. The van der Waals surface area contributed by atoms with Crippen LogP contribution in [-0.2, 0) is 16.1 Å². The third-order valence-corrected chi connectivity index (χ3v) is 3.21. The van der Waals surface area contributed by atoms with E-state index in [2.05, 4.69) is 10.4 Å². The first kappa shape index (κ1) is 16.5. The molecule has 6 heteroatoms. The number of anilines is 1. The Morgan fingerprint density at radius 3 is 2.65 bits per heavy atom. The average molecular weight is 312 g/mol. The smallest absolute Gasteiger partial charge is 0.271 e. The van der Waals surface area contributed by atoms with Crippen LogP contribution in [0.25, 0.3) is 0 Å². The van der Waals surface area contributed by atoms with Crippen LogP contribution in [0.1, 0.15) is 19.4 Å². The molecule has 1 aromatic carbocycles. The molecule has 0 unspecified atom stereocenters. The fourth-order valence-electron chi connectivity index (χ4n) is 1.87. The topological polar surface area (TPSA) is 90.0 Å². The molecule has 0 radical (unpaired) electrons. The highest BCUT2D eigenvalue weighted by Gasteiger charge is 2.11. The third kappa shape index (κ3) is 4.81. The second-order valence-corrected chi connectivity index (χ2v) is 5.52. The molecule has 0 aliphatic carbocycles. The standard InChI is InChI=1S/C17H20N4O2/c1-12(2)16(22)8-15(18)17(23)20-14-9-19-21(11-14)10-13-6-4-3-5-7-13/h3-9,11-12H,10,18H2,1-2H3,(H,20,23). The fraction of sp³-hybridized carbons (Fsp3) is 0.235. The number of hydrogen-bond donors (Lipinski definition) is 2. The van der Waals surface area contributed by atoms with Crippen molar-refractivity contribution in [1.29, 1.82) is 0 Å². The SMILES string of the molecule is CC(C)C(=O)C=C(N)C(=O)Nc1cnn(Cc2ccccc2)c1. The van der Waals surface area contributed by atoms with Gasteiger partial charge in [0.15, 0.2) is 5.78 Å². The highest BCUT2D eigenvalue weighted by atomic mass is 16.2. The monoisotopic (exact) mass is 312 g/mol. The van der Waals surface area contributed by atoms with Gasteiger partial charge in [0.1, 0.15) is 5.70 Å². The van der Waals surface area contributed by atoms with Gasteiger partial charge in [-0.1, -0.05) is 44.2 Å². The number of allylic oxidation sites excluding steroid dienone is 1. The summed E-state index contributed by atoms with van der Waals surface area (Å²) >= 11 is 0. The Kier molecular flexibility index (Phi) is 5.30. The molecular weight excluding hydrogens is 292 g/mol. The van der Waals surface area contributed by atoms with Crippen molar-refractivity contribution >= 4 is 17.4 Å². The summed E-state index contributed by atoms with van der Waals surface area (Å²) < 4.78 is 1.71. The number of carbonyl (C=O) groups excluding carboxylic acids is 2. The first-order valence-electron chi connectivity index (χ1n) is 7.34. The van der Waals surface area contributed by atoms with Crippen LogP contribution < -0.4 is 11.1 Å². The van der Waals surface area contributed by atoms with Crippen LogP contribution in [0.3, 0.4) is 0 Å². The summed E-state index contributed by atoms with van der Waals surface area (Å²) in [4.78, 5) is 23.5. The third-order valence-electron chi connectivity index (χ3n) is 3.21. The molecule has 2 aromatic rings. The molecule has 1 heterocycles. The summed E-state index contributed by atoms with van der Waals surface area (Å²) in [6.45, 7) is 4.10. The number of rotatable bonds is 6. The molecule has 0 saturated heterocycles. The van der Waals surface area contributed by atoms with Crippen LogP contribution in [0.5, 0.6) is 0 Å². The number of nitrogens with zero attached hydrogens (tertiary/aromatic N) is 2. The van der Waals surface area contributed by atoms with Crippen LogP contribution in [0.15, 0.2) is 54.5 Å². The Hall–Kier alpha value is -2.89.